The van der Waals surface area contributed by atoms with Crippen LogP contribution >= 0.6 is 0 Å². The Morgan fingerprint density at radius 2 is 1.92 bits per heavy atom. The van der Waals surface area contributed by atoms with E-state index in [4.69, 9.17) is 10.7 Å². The average Bonchev–Trinajstić information content (AvgIpc) is 2.62. The molecule has 3 N–H and O–H groups in total. The van der Waals surface area contributed by atoms with Gasteiger partial charge in [-0.2, -0.15) is 0 Å². The minimum absolute atomic E-state index is 0.112. The van der Waals surface area contributed by atoms with Crippen LogP contribution in [0.4, 0.5) is 5.82 Å². The molecule has 6 heteroatoms. The number of piperidine rings is 1. The minimum atomic E-state index is -0.112. The monoisotopic (exact) mass is 321 g/mol. The first-order chi connectivity index (χ1) is 11.7. The van der Waals surface area contributed by atoms with Gasteiger partial charge in [0, 0.05) is 42.5 Å². The quantitative estimate of drug-likeness (QED) is 0.753. The Kier molecular flexibility index (Phi) is 3.74. The van der Waals surface area contributed by atoms with E-state index in [9.17, 15) is 4.79 Å². The average molecular weight is 321 g/mol. The minimum Gasteiger partial charge on any atom is -0.356 e. The van der Waals surface area contributed by atoms with E-state index in [1.807, 2.05) is 30.3 Å². The summed E-state index contributed by atoms with van der Waals surface area (Å²) >= 11 is 0. The molecule has 0 aliphatic carbocycles. The molecule has 6 nitrogen and oxygen atoms in total. The Balaban J connectivity index is 1.69. The highest BCUT2D eigenvalue weighted by Gasteiger charge is 2.17. The highest BCUT2D eigenvalue weighted by molar-refractivity contribution is 5.82. The Labute approximate surface area is 139 Å². The first kappa shape index (κ1) is 14.8. The Morgan fingerprint density at radius 3 is 2.75 bits per heavy atom. The molecular formula is C18H19N5O. The van der Waals surface area contributed by atoms with Gasteiger partial charge in [-0.25, -0.2) is 9.97 Å². The molecule has 1 aliphatic rings. The molecule has 1 fully saturated rings. The third-order valence-corrected chi connectivity index (χ3v) is 4.49. The van der Waals surface area contributed by atoms with Crippen LogP contribution in [0.15, 0.2) is 47.4 Å². The summed E-state index contributed by atoms with van der Waals surface area (Å²) in [5, 5.41) is 0.986. The van der Waals surface area contributed by atoms with Gasteiger partial charge < -0.3 is 15.6 Å². The summed E-state index contributed by atoms with van der Waals surface area (Å²) < 4.78 is 0. The lowest BCUT2D eigenvalue weighted by Gasteiger charge is -2.31. The molecule has 1 saturated heterocycles. The number of benzene rings is 1. The summed E-state index contributed by atoms with van der Waals surface area (Å²) in [4.78, 5) is 25.7. The summed E-state index contributed by atoms with van der Waals surface area (Å²) in [5.41, 5.74) is 7.54. The normalized spacial score (nSPS) is 15.8. The molecular weight excluding hydrogens is 302 g/mol. The van der Waals surface area contributed by atoms with Crippen LogP contribution in [0.2, 0.25) is 0 Å². The van der Waals surface area contributed by atoms with E-state index >= 15 is 0 Å². The van der Waals surface area contributed by atoms with Crippen molar-refractivity contribution in [3.63, 3.8) is 0 Å². The molecule has 0 unspecified atom stereocenters. The molecule has 1 aliphatic heterocycles. The molecule has 122 valence electrons. The number of aromatic amines is 1. The van der Waals surface area contributed by atoms with E-state index in [-0.39, 0.29) is 5.56 Å². The number of hydrogen-bond acceptors (Lipinski definition) is 5. The lowest BCUT2D eigenvalue weighted by atomic mass is 10.1. The summed E-state index contributed by atoms with van der Waals surface area (Å²) in [6.07, 6.45) is 3.75. The number of H-pyrrole nitrogens is 1. The Hall–Kier alpha value is -2.73. The Morgan fingerprint density at radius 1 is 1.12 bits per heavy atom. The van der Waals surface area contributed by atoms with Gasteiger partial charge in [-0.05, 0) is 36.4 Å². The molecule has 0 amide bonds. The second kappa shape index (κ2) is 6.05. The zero-order chi connectivity index (χ0) is 16.5. The zero-order valence-electron chi connectivity index (χ0n) is 13.3. The number of nitrogens with one attached hydrogen (secondary N) is 1. The fourth-order valence-corrected chi connectivity index (χ4v) is 3.08. The van der Waals surface area contributed by atoms with Crippen LogP contribution in [0.1, 0.15) is 12.8 Å². The van der Waals surface area contributed by atoms with E-state index in [2.05, 4.69) is 14.9 Å². The molecule has 4 rings (SSSR count). The summed E-state index contributed by atoms with van der Waals surface area (Å²) in [7, 11) is 0. The standard InChI is InChI=1S/C18H19N5O/c19-14-6-9-23(10-7-14)16-5-8-20-18(22-16)13-2-1-12-3-4-17(24)21-15(12)11-13/h1-5,8,11,14H,6-7,9-10,19H2,(H,21,24). The van der Waals surface area contributed by atoms with Crippen molar-refractivity contribution in [1.82, 2.24) is 15.0 Å². The maximum absolute atomic E-state index is 11.5. The molecule has 0 bridgehead atoms. The lowest BCUT2D eigenvalue weighted by Crippen LogP contribution is -2.40. The smallest absolute Gasteiger partial charge is 0.248 e. The van der Waals surface area contributed by atoms with Crippen LogP contribution in [-0.4, -0.2) is 34.1 Å². The van der Waals surface area contributed by atoms with Crippen LogP contribution in [0, 0.1) is 0 Å². The molecule has 2 aromatic heterocycles. The number of aromatic nitrogens is 3. The molecule has 0 spiro atoms. The molecule has 0 radical (unpaired) electrons. The van der Waals surface area contributed by atoms with Gasteiger partial charge in [0.05, 0.1) is 0 Å². The molecule has 3 heterocycles. The first-order valence-corrected chi connectivity index (χ1v) is 8.16. The number of nitrogens with zero attached hydrogens (tertiary/aromatic N) is 3. The molecule has 3 aromatic rings. The zero-order valence-corrected chi connectivity index (χ0v) is 13.3. The van der Waals surface area contributed by atoms with Gasteiger partial charge >= 0.3 is 0 Å². The SMILES string of the molecule is NC1CCN(c2ccnc(-c3ccc4ccc(=O)[nH]c4c3)n2)CC1. The molecule has 1 aromatic carbocycles. The van der Waals surface area contributed by atoms with E-state index < -0.39 is 0 Å². The maximum Gasteiger partial charge on any atom is 0.248 e. The van der Waals surface area contributed by atoms with Crippen molar-refractivity contribution in [3.8, 4) is 11.4 Å². The molecule has 0 atom stereocenters. The second-order valence-electron chi connectivity index (χ2n) is 6.19. The second-order valence-corrected chi connectivity index (χ2v) is 6.19. The van der Waals surface area contributed by atoms with Gasteiger partial charge in [0.2, 0.25) is 5.56 Å². The van der Waals surface area contributed by atoms with Crippen molar-refractivity contribution in [2.75, 3.05) is 18.0 Å². The number of rotatable bonds is 2. The largest absolute Gasteiger partial charge is 0.356 e. The molecule has 24 heavy (non-hydrogen) atoms. The lowest BCUT2D eigenvalue weighted by molar-refractivity contribution is 0.498. The van der Waals surface area contributed by atoms with Gasteiger partial charge in [-0.1, -0.05) is 12.1 Å². The van der Waals surface area contributed by atoms with Crippen molar-refractivity contribution in [3.05, 3.63) is 52.9 Å². The van der Waals surface area contributed by atoms with Crippen molar-refractivity contribution in [2.45, 2.75) is 18.9 Å². The van der Waals surface area contributed by atoms with Gasteiger partial charge in [-0.3, -0.25) is 4.79 Å². The summed E-state index contributed by atoms with van der Waals surface area (Å²) in [6, 6.07) is 11.4. The maximum atomic E-state index is 11.5. The van der Waals surface area contributed by atoms with Crippen LogP contribution in [0.3, 0.4) is 0 Å². The van der Waals surface area contributed by atoms with Gasteiger partial charge in [-0.15, -0.1) is 0 Å². The number of fused-ring (bicyclic) bond motifs is 1. The third-order valence-electron chi connectivity index (χ3n) is 4.49. The fraction of sp³-hybridized carbons (Fsp3) is 0.278. The van der Waals surface area contributed by atoms with E-state index in [0.717, 1.165) is 48.2 Å². The van der Waals surface area contributed by atoms with Gasteiger partial charge in [0.25, 0.3) is 0 Å². The highest BCUT2D eigenvalue weighted by atomic mass is 16.1. The topological polar surface area (TPSA) is 87.9 Å². The highest BCUT2D eigenvalue weighted by Crippen LogP contribution is 2.23. The number of nitrogens with two attached hydrogens (primary N) is 1. The van der Waals surface area contributed by atoms with E-state index in [1.54, 1.807) is 6.20 Å². The van der Waals surface area contributed by atoms with Crippen molar-refractivity contribution >= 4 is 16.7 Å². The first-order valence-electron chi connectivity index (χ1n) is 8.16. The number of pyridine rings is 1. The van der Waals surface area contributed by atoms with E-state index in [1.165, 1.54) is 6.07 Å². The molecule has 0 saturated carbocycles. The Bertz CT molecular complexity index is 928. The van der Waals surface area contributed by atoms with Crippen molar-refractivity contribution in [2.24, 2.45) is 5.73 Å². The summed E-state index contributed by atoms with van der Waals surface area (Å²) in [6.45, 7) is 1.84. The predicted octanol–water partition coefficient (Wildman–Crippen LogP) is 1.91. The third kappa shape index (κ3) is 2.88. The van der Waals surface area contributed by atoms with E-state index in [0.29, 0.717) is 11.9 Å². The van der Waals surface area contributed by atoms with Crippen LogP contribution in [0.25, 0.3) is 22.3 Å². The predicted molar refractivity (Wildman–Crippen MR) is 95.0 cm³/mol. The van der Waals surface area contributed by atoms with Gasteiger partial charge in [0.1, 0.15) is 5.82 Å². The van der Waals surface area contributed by atoms with Crippen molar-refractivity contribution in [1.29, 1.82) is 0 Å². The van der Waals surface area contributed by atoms with Crippen LogP contribution < -0.4 is 16.2 Å². The number of anilines is 1. The fourth-order valence-electron chi connectivity index (χ4n) is 3.08. The summed E-state index contributed by atoms with van der Waals surface area (Å²) in [5.74, 6) is 1.59. The van der Waals surface area contributed by atoms with Crippen molar-refractivity contribution < 1.29 is 0 Å². The van der Waals surface area contributed by atoms with Crippen LogP contribution in [-0.2, 0) is 0 Å². The number of hydrogen-bond donors (Lipinski definition) is 2. The van der Waals surface area contributed by atoms with Crippen LogP contribution in [0.5, 0.6) is 0 Å². The van der Waals surface area contributed by atoms with Gasteiger partial charge in [0.15, 0.2) is 5.82 Å².